The number of carbonyl (C=O) groups excluding carboxylic acids is 2. The number of ether oxygens (including phenoxy) is 2. The predicted molar refractivity (Wildman–Crippen MR) is 314 cm³/mol. The second kappa shape index (κ2) is 54.7. The SMILES string of the molecule is CC/C=C\C/C=C\C/C=C\C/C=C\C/C=C\C/C=C\C/C=C\CCCCCCCCCC(=O)OC(COC(=O)CCCCCCCCCCC/C=C\CCCCCCCCCC)COP(=O)([O-])OCC[N+](C)(C)C. The number of allylic oxidation sites excluding steroid dienone is 16. The van der Waals surface area contributed by atoms with Gasteiger partial charge in [0.05, 0.1) is 27.7 Å². The van der Waals surface area contributed by atoms with E-state index in [-0.39, 0.29) is 32.0 Å². The fraction of sp³-hybridized carbons (Fsp3) is 0.719. The number of unbranched alkanes of at least 4 members (excludes halogenated alkanes) is 24. The number of carbonyl (C=O) groups is 2. The van der Waals surface area contributed by atoms with E-state index in [1.165, 1.54) is 122 Å². The lowest BCUT2D eigenvalue weighted by atomic mass is 10.1. The van der Waals surface area contributed by atoms with Crippen molar-refractivity contribution in [3.05, 3.63) is 97.2 Å². The van der Waals surface area contributed by atoms with E-state index in [1.54, 1.807) is 0 Å². The molecule has 2 atom stereocenters. The van der Waals surface area contributed by atoms with Crippen molar-refractivity contribution in [2.45, 2.75) is 251 Å². The van der Waals surface area contributed by atoms with Gasteiger partial charge in [0.25, 0.3) is 7.82 Å². The van der Waals surface area contributed by atoms with Crippen LogP contribution in [0.4, 0.5) is 0 Å². The Morgan fingerprint density at radius 1 is 0.432 bits per heavy atom. The van der Waals surface area contributed by atoms with Crippen LogP contribution in [0, 0.1) is 0 Å². The molecule has 0 saturated carbocycles. The van der Waals surface area contributed by atoms with Gasteiger partial charge in [-0.15, -0.1) is 0 Å². The van der Waals surface area contributed by atoms with Crippen molar-refractivity contribution >= 4 is 19.8 Å². The van der Waals surface area contributed by atoms with E-state index in [9.17, 15) is 19.0 Å². The average molecular weight is 1050 g/mol. The Hall–Kier alpha value is -3.07. The molecule has 10 heteroatoms. The third-order valence-corrected chi connectivity index (χ3v) is 13.6. The van der Waals surface area contributed by atoms with Crippen molar-refractivity contribution < 1.29 is 42.1 Å². The molecule has 0 aliphatic heterocycles. The fourth-order valence-electron chi connectivity index (χ4n) is 7.98. The van der Waals surface area contributed by atoms with Crippen molar-refractivity contribution in [2.75, 3.05) is 47.5 Å². The summed E-state index contributed by atoms with van der Waals surface area (Å²) in [4.78, 5) is 37.9. The van der Waals surface area contributed by atoms with Gasteiger partial charge >= 0.3 is 11.9 Å². The first-order valence-corrected chi connectivity index (χ1v) is 31.4. The summed E-state index contributed by atoms with van der Waals surface area (Å²) in [6, 6.07) is 0. The second-order valence-corrected chi connectivity index (χ2v) is 22.4. The van der Waals surface area contributed by atoms with Gasteiger partial charge in [-0.3, -0.25) is 14.2 Å². The summed E-state index contributed by atoms with van der Waals surface area (Å²) in [6.45, 7) is 4.12. The zero-order chi connectivity index (χ0) is 54.2. The van der Waals surface area contributed by atoms with E-state index in [1.807, 2.05) is 21.1 Å². The molecular formula is C64H112NO8P. The maximum absolute atomic E-state index is 12.8. The highest BCUT2D eigenvalue weighted by molar-refractivity contribution is 7.45. The van der Waals surface area contributed by atoms with Gasteiger partial charge in [-0.2, -0.15) is 0 Å². The Morgan fingerprint density at radius 3 is 1.16 bits per heavy atom. The first-order chi connectivity index (χ1) is 36.0. The van der Waals surface area contributed by atoms with Gasteiger partial charge in [-0.25, -0.2) is 0 Å². The number of hydrogen-bond acceptors (Lipinski definition) is 8. The van der Waals surface area contributed by atoms with E-state index in [0.29, 0.717) is 17.4 Å². The van der Waals surface area contributed by atoms with Crippen molar-refractivity contribution in [3.63, 3.8) is 0 Å². The van der Waals surface area contributed by atoms with Crippen LogP contribution in [0.5, 0.6) is 0 Å². The largest absolute Gasteiger partial charge is 0.756 e. The van der Waals surface area contributed by atoms with Gasteiger partial charge in [0, 0.05) is 12.8 Å². The molecule has 0 aliphatic carbocycles. The minimum Gasteiger partial charge on any atom is -0.756 e. The molecule has 0 N–H and O–H groups in total. The van der Waals surface area contributed by atoms with Crippen LogP contribution < -0.4 is 4.89 Å². The number of quaternary nitrogens is 1. The number of phosphoric acid groups is 1. The number of likely N-dealkylation sites (N-methyl/N-ethyl adjacent to an activating group) is 1. The summed E-state index contributed by atoms with van der Waals surface area (Å²) >= 11 is 0. The average Bonchev–Trinajstić information content (AvgIpc) is 3.36. The van der Waals surface area contributed by atoms with Crippen LogP contribution in [-0.2, 0) is 32.7 Å². The molecule has 74 heavy (non-hydrogen) atoms. The van der Waals surface area contributed by atoms with Crippen LogP contribution in [0.2, 0.25) is 0 Å². The molecule has 0 radical (unpaired) electrons. The molecule has 0 fully saturated rings. The summed E-state index contributed by atoms with van der Waals surface area (Å²) in [6.07, 6.45) is 74.5. The van der Waals surface area contributed by atoms with Crippen molar-refractivity contribution in [2.24, 2.45) is 0 Å². The first-order valence-electron chi connectivity index (χ1n) is 29.9. The highest BCUT2D eigenvalue weighted by Crippen LogP contribution is 2.38. The highest BCUT2D eigenvalue weighted by atomic mass is 31.2. The topological polar surface area (TPSA) is 111 Å². The Kier molecular flexibility index (Phi) is 52.4. The number of nitrogens with zero attached hydrogens (tertiary/aromatic N) is 1. The van der Waals surface area contributed by atoms with Crippen molar-refractivity contribution in [1.82, 2.24) is 0 Å². The maximum Gasteiger partial charge on any atom is 0.306 e. The number of esters is 2. The van der Waals surface area contributed by atoms with Crippen LogP contribution in [0.3, 0.4) is 0 Å². The highest BCUT2D eigenvalue weighted by Gasteiger charge is 2.22. The van der Waals surface area contributed by atoms with Gasteiger partial charge in [0.1, 0.15) is 19.8 Å². The Bertz CT molecular complexity index is 1570. The quantitative estimate of drug-likeness (QED) is 0.0195. The van der Waals surface area contributed by atoms with E-state index in [2.05, 4.69) is 111 Å². The Morgan fingerprint density at radius 2 is 0.770 bits per heavy atom. The molecule has 0 aromatic rings. The van der Waals surface area contributed by atoms with Gasteiger partial charge in [0.15, 0.2) is 6.10 Å². The monoisotopic (exact) mass is 1050 g/mol. The van der Waals surface area contributed by atoms with E-state index >= 15 is 0 Å². The van der Waals surface area contributed by atoms with Crippen molar-refractivity contribution in [1.29, 1.82) is 0 Å². The van der Waals surface area contributed by atoms with Crippen LogP contribution in [0.15, 0.2) is 97.2 Å². The number of hydrogen-bond donors (Lipinski definition) is 0. The second-order valence-electron chi connectivity index (χ2n) is 21.0. The summed E-state index contributed by atoms with van der Waals surface area (Å²) in [7, 11) is 1.15. The summed E-state index contributed by atoms with van der Waals surface area (Å²) in [5.74, 6) is -0.849. The third-order valence-electron chi connectivity index (χ3n) is 12.6. The lowest BCUT2D eigenvalue weighted by Gasteiger charge is -2.28. The molecule has 0 amide bonds. The Balaban J connectivity index is 4.21. The summed E-state index contributed by atoms with van der Waals surface area (Å²) in [5, 5.41) is 0. The standard InChI is InChI=1S/C64H112NO8P/c1-6-8-10-12-14-16-18-20-22-24-26-28-29-30-31-32-33-34-35-37-39-41-43-45-47-49-51-53-55-57-64(67)73-62(61-72-74(68,69)71-59-58-65(3,4)5)60-70-63(66)56-54-52-50-48-46-44-42-40-38-36-27-25-23-21-19-17-15-13-11-9-7-2/h8,10,14,16,20,22,25-28,30-31,33-34,37,39,62H,6-7,9,11-13,15,17-19,21,23-24,29,32,35-36,38,40-61H2,1-5H3/b10-8-,16-14-,22-20-,27-25-,28-26-,31-30-,34-33-,39-37-. The molecule has 0 aromatic heterocycles. The lowest BCUT2D eigenvalue weighted by Crippen LogP contribution is -2.37. The summed E-state index contributed by atoms with van der Waals surface area (Å²) in [5.41, 5.74) is 0. The molecule has 426 valence electrons. The number of phosphoric ester groups is 1. The fourth-order valence-corrected chi connectivity index (χ4v) is 8.71. The van der Waals surface area contributed by atoms with Gasteiger partial charge in [-0.1, -0.05) is 233 Å². The maximum atomic E-state index is 12.8. The number of rotatable bonds is 54. The smallest absolute Gasteiger partial charge is 0.306 e. The molecule has 9 nitrogen and oxygen atoms in total. The third kappa shape index (κ3) is 58.2. The first kappa shape index (κ1) is 70.9. The molecule has 0 aliphatic rings. The van der Waals surface area contributed by atoms with E-state index in [0.717, 1.165) is 89.9 Å². The molecule has 0 saturated heterocycles. The zero-order valence-electron chi connectivity index (χ0n) is 48.3. The van der Waals surface area contributed by atoms with Crippen LogP contribution >= 0.6 is 7.82 Å². The molecule has 0 rings (SSSR count). The minimum absolute atomic E-state index is 0.0379. The van der Waals surface area contributed by atoms with Gasteiger partial charge in [0.2, 0.25) is 0 Å². The minimum atomic E-state index is -4.65. The molecule has 0 heterocycles. The van der Waals surface area contributed by atoms with Gasteiger partial charge in [-0.05, 0) is 96.3 Å². The molecule has 0 spiro atoms. The van der Waals surface area contributed by atoms with Gasteiger partial charge < -0.3 is 27.9 Å². The molecule has 0 aromatic carbocycles. The molecular weight excluding hydrogens is 942 g/mol. The lowest BCUT2D eigenvalue weighted by molar-refractivity contribution is -0.870. The predicted octanol–water partition coefficient (Wildman–Crippen LogP) is 18.2. The molecule has 2 unspecified atom stereocenters. The van der Waals surface area contributed by atoms with Crippen LogP contribution in [0.25, 0.3) is 0 Å². The van der Waals surface area contributed by atoms with Crippen molar-refractivity contribution in [3.8, 4) is 0 Å². The van der Waals surface area contributed by atoms with E-state index in [4.69, 9.17) is 18.5 Å². The normalized spacial score (nSPS) is 14.0. The zero-order valence-corrected chi connectivity index (χ0v) is 49.2. The summed E-state index contributed by atoms with van der Waals surface area (Å²) < 4.78 is 34.2. The van der Waals surface area contributed by atoms with E-state index < -0.39 is 26.5 Å². The van der Waals surface area contributed by atoms with Crippen LogP contribution in [0.1, 0.15) is 245 Å². The Labute approximate surface area is 455 Å². The van der Waals surface area contributed by atoms with Crippen LogP contribution in [-0.4, -0.2) is 70.0 Å². The molecule has 0 bridgehead atoms.